The quantitative estimate of drug-likeness (QED) is 0.818. The number of nitrogens with one attached hydrogen (secondary N) is 1. The van der Waals surface area contributed by atoms with Crippen molar-refractivity contribution >= 4 is 28.9 Å². The van der Waals surface area contributed by atoms with Gasteiger partial charge in [-0.25, -0.2) is 0 Å². The van der Waals surface area contributed by atoms with Gasteiger partial charge in [0.15, 0.2) is 0 Å². The summed E-state index contributed by atoms with van der Waals surface area (Å²) >= 11 is 11.4. The fraction of sp³-hybridized carbons (Fsp3) is 0.167. The second-order valence-corrected chi connectivity index (χ2v) is 4.39. The van der Waals surface area contributed by atoms with Crippen LogP contribution in [0.3, 0.4) is 0 Å². The molecule has 0 aliphatic carbocycles. The lowest BCUT2D eigenvalue weighted by molar-refractivity contribution is -0.137. The first-order chi connectivity index (χ1) is 9.29. The van der Waals surface area contributed by atoms with Gasteiger partial charge >= 0.3 is 6.18 Å². The molecule has 0 unspecified atom stereocenters. The average Bonchev–Trinajstić information content (AvgIpc) is 2.35. The van der Waals surface area contributed by atoms with Crippen LogP contribution in [-0.2, 0) is 6.18 Å². The maximum atomic E-state index is 12.5. The lowest BCUT2D eigenvalue weighted by Gasteiger charge is -2.12. The molecule has 1 aromatic rings. The van der Waals surface area contributed by atoms with E-state index in [-0.39, 0.29) is 27.7 Å². The molecule has 20 heavy (non-hydrogen) atoms. The predicted octanol–water partition coefficient (Wildman–Crippen LogP) is 4.75. The van der Waals surface area contributed by atoms with Gasteiger partial charge in [0.05, 0.1) is 45.4 Å². The van der Waals surface area contributed by atoms with E-state index in [1.807, 2.05) is 0 Å². The van der Waals surface area contributed by atoms with Gasteiger partial charge in [-0.2, -0.15) is 23.7 Å². The van der Waals surface area contributed by atoms with Gasteiger partial charge in [0.25, 0.3) is 0 Å². The van der Waals surface area contributed by atoms with Crippen LogP contribution in [0.15, 0.2) is 23.9 Å². The molecule has 1 N–H and O–H groups in total. The first kappa shape index (κ1) is 16.2. The van der Waals surface area contributed by atoms with Gasteiger partial charge in [0.1, 0.15) is 0 Å². The summed E-state index contributed by atoms with van der Waals surface area (Å²) in [5, 5.41) is 19.2. The largest absolute Gasteiger partial charge is 0.416 e. The van der Waals surface area contributed by atoms with E-state index in [0.717, 1.165) is 12.1 Å². The minimum absolute atomic E-state index is 0.0343. The smallest absolute Gasteiger partial charge is 0.358 e. The number of nitriles is 2. The molecule has 0 bridgehead atoms. The Bertz CT molecular complexity index is 601. The molecule has 3 nitrogen and oxygen atoms in total. The fourth-order valence-corrected chi connectivity index (χ4v) is 1.84. The Labute approximate surface area is 122 Å². The molecule has 0 heterocycles. The third-order valence-electron chi connectivity index (χ3n) is 2.17. The molecule has 1 aromatic carbocycles. The first-order valence-electron chi connectivity index (χ1n) is 5.08. The number of halogens is 5. The van der Waals surface area contributed by atoms with E-state index in [1.165, 1.54) is 6.20 Å². The standard InChI is InChI=1S/C12H6Cl2F3N3/c13-9-3-8(12(15,16)17)4-10(14)11(9)20-6-7(5-19)1-2-18/h3-4,6,20H,1H2. The minimum atomic E-state index is -4.56. The SMILES string of the molecule is N#CCC(C#N)=CNc1c(Cl)cc(C(F)(F)F)cc1Cl. The molecule has 0 aliphatic rings. The van der Waals surface area contributed by atoms with Crippen molar-refractivity contribution in [1.29, 1.82) is 10.5 Å². The Hall–Kier alpha value is -1.89. The number of rotatable bonds is 3. The van der Waals surface area contributed by atoms with Crippen molar-refractivity contribution in [3.63, 3.8) is 0 Å². The van der Waals surface area contributed by atoms with Crippen LogP contribution in [0.1, 0.15) is 12.0 Å². The lowest BCUT2D eigenvalue weighted by atomic mass is 10.2. The number of hydrogen-bond acceptors (Lipinski definition) is 3. The van der Waals surface area contributed by atoms with Crippen molar-refractivity contribution in [2.24, 2.45) is 0 Å². The zero-order valence-corrected chi connectivity index (χ0v) is 11.2. The number of alkyl halides is 3. The molecular formula is C12H6Cl2F3N3. The van der Waals surface area contributed by atoms with E-state index >= 15 is 0 Å². The Kier molecular flexibility index (Phi) is 5.26. The van der Waals surface area contributed by atoms with Crippen molar-refractivity contribution in [3.05, 3.63) is 39.5 Å². The van der Waals surface area contributed by atoms with Gasteiger partial charge < -0.3 is 5.32 Å². The van der Waals surface area contributed by atoms with Crippen LogP contribution < -0.4 is 5.32 Å². The zero-order chi connectivity index (χ0) is 15.3. The van der Waals surface area contributed by atoms with Crippen LogP contribution in [-0.4, -0.2) is 0 Å². The molecule has 1 rings (SSSR count). The van der Waals surface area contributed by atoms with Crippen molar-refractivity contribution in [1.82, 2.24) is 0 Å². The third-order valence-corrected chi connectivity index (χ3v) is 2.77. The number of hydrogen-bond donors (Lipinski definition) is 1. The highest BCUT2D eigenvalue weighted by Crippen LogP contribution is 2.38. The molecular weight excluding hydrogens is 314 g/mol. The highest BCUT2D eigenvalue weighted by atomic mass is 35.5. The van der Waals surface area contributed by atoms with Crippen molar-refractivity contribution in [3.8, 4) is 12.1 Å². The average molecular weight is 320 g/mol. The maximum Gasteiger partial charge on any atom is 0.416 e. The van der Waals surface area contributed by atoms with Crippen molar-refractivity contribution in [2.45, 2.75) is 12.6 Å². The Morgan fingerprint density at radius 2 is 1.80 bits per heavy atom. The molecule has 0 fully saturated rings. The topological polar surface area (TPSA) is 59.6 Å². The summed E-state index contributed by atoms with van der Waals surface area (Å²) in [4.78, 5) is 0. The number of anilines is 1. The van der Waals surface area contributed by atoms with E-state index in [2.05, 4.69) is 5.32 Å². The molecule has 0 atom stereocenters. The molecule has 0 saturated heterocycles. The third kappa shape index (κ3) is 4.06. The van der Waals surface area contributed by atoms with Gasteiger partial charge in [-0.3, -0.25) is 0 Å². The summed E-state index contributed by atoms with van der Waals surface area (Å²) in [6.45, 7) is 0. The number of benzene rings is 1. The summed E-state index contributed by atoms with van der Waals surface area (Å²) in [7, 11) is 0. The van der Waals surface area contributed by atoms with Gasteiger partial charge in [-0.15, -0.1) is 0 Å². The fourth-order valence-electron chi connectivity index (χ4n) is 1.24. The van der Waals surface area contributed by atoms with Gasteiger partial charge in [-0.1, -0.05) is 23.2 Å². The predicted molar refractivity (Wildman–Crippen MR) is 69.0 cm³/mol. The van der Waals surface area contributed by atoms with Crippen molar-refractivity contribution in [2.75, 3.05) is 5.32 Å². The molecule has 0 saturated carbocycles. The highest BCUT2D eigenvalue weighted by Gasteiger charge is 2.31. The van der Waals surface area contributed by atoms with E-state index in [4.69, 9.17) is 33.7 Å². The number of nitrogens with zero attached hydrogens (tertiary/aromatic N) is 2. The van der Waals surface area contributed by atoms with E-state index in [1.54, 1.807) is 12.1 Å². The Morgan fingerprint density at radius 1 is 1.25 bits per heavy atom. The summed E-state index contributed by atoms with van der Waals surface area (Å²) in [6, 6.07) is 4.97. The van der Waals surface area contributed by atoms with Crippen LogP contribution in [0.4, 0.5) is 18.9 Å². The molecule has 8 heteroatoms. The normalized spacial score (nSPS) is 11.7. The highest BCUT2D eigenvalue weighted by molar-refractivity contribution is 6.39. The Morgan fingerprint density at radius 3 is 2.20 bits per heavy atom. The van der Waals surface area contributed by atoms with E-state index < -0.39 is 11.7 Å². The maximum absolute atomic E-state index is 12.5. The van der Waals surface area contributed by atoms with Crippen LogP contribution in [0.5, 0.6) is 0 Å². The summed E-state index contributed by atoms with van der Waals surface area (Å²) in [6.07, 6.45) is -3.52. The minimum Gasteiger partial charge on any atom is -0.358 e. The first-order valence-corrected chi connectivity index (χ1v) is 5.84. The molecule has 0 spiro atoms. The van der Waals surface area contributed by atoms with Gasteiger partial charge in [0.2, 0.25) is 0 Å². The van der Waals surface area contributed by atoms with E-state index in [0.29, 0.717) is 0 Å². The molecule has 0 amide bonds. The lowest BCUT2D eigenvalue weighted by Crippen LogP contribution is -2.05. The number of allylic oxidation sites excluding steroid dienone is 1. The van der Waals surface area contributed by atoms with Gasteiger partial charge in [0, 0.05) is 6.20 Å². The van der Waals surface area contributed by atoms with Crippen LogP contribution in [0, 0.1) is 22.7 Å². The Balaban J connectivity index is 3.11. The molecule has 104 valence electrons. The molecule has 0 aromatic heterocycles. The van der Waals surface area contributed by atoms with Gasteiger partial charge in [-0.05, 0) is 12.1 Å². The van der Waals surface area contributed by atoms with Crippen molar-refractivity contribution < 1.29 is 13.2 Å². The van der Waals surface area contributed by atoms with Crippen LogP contribution in [0.25, 0.3) is 0 Å². The van der Waals surface area contributed by atoms with Crippen LogP contribution in [0.2, 0.25) is 10.0 Å². The van der Waals surface area contributed by atoms with E-state index in [9.17, 15) is 13.2 Å². The van der Waals surface area contributed by atoms with Crippen LogP contribution >= 0.6 is 23.2 Å². The summed E-state index contributed by atoms with van der Waals surface area (Å²) in [5.41, 5.74) is -0.842. The second-order valence-electron chi connectivity index (χ2n) is 3.57. The summed E-state index contributed by atoms with van der Waals surface area (Å²) < 4.78 is 37.6. The monoisotopic (exact) mass is 319 g/mol. The molecule has 0 radical (unpaired) electrons. The summed E-state index contributed by atoms with van der Waals surface area (Å²) in [5.74, 6) is 0. The zero-order valence-electron chi connectivity index (χ0n) is 9.72. The second kappa shape index (κ2) is 6.51. The molecule has 0 aliphatic heterocycles.